The average Bonchev–Trinajstić information content (AvgIpc) is 3.40. The molecule has 1 fully saturated rings. The van der Waals surface area contributed by atoms with E-state index in [1.54, 1.807) is 14.2 Å². The van der Waals surface area contributed by atoms with E-state index in [4.69, 9.17) is 14.6 Å². The maximum absolute atomic E-state index is 10.1. The molecule has 5 rings (SSSR count). The van der Waals surface area contributed by atoms with E-state index in [0.717, 1.165) is 28.1 Å². The van der Waals surface area contributed by atoms with Crippen LogP contribution in [0.4, 0.5) is 0 Å². The van der Waals surface area contributed by atoms with Crippen molar-refractivity contribution in [2.45, 2.75) is 38.0 Å². The van der Waals surface area contributed by atoms with Crippen molar-refractivity contribution in [3.05, 3.63) is 95.7 Å². The van der Waals surface area contributed by atoms with Crippen molar-refractivity contribution in [2.75, 3.05) is 14.2 Å². The van der Waals surface area contributed by atoms with Gasteiger partial charge in [-0.25, -0.2) is 4.68 Å². The number of ether oxygens (including phenoxy) is 2. The van der Waals surface area contributed by atoms with Crippen LogP contribution in [-0.2, 0) is 0 Å². The van der Waals surface area contributed by atoms with E-state index >= 15 is 0 Å². The van der Waals surface area contributed by atoms with Gasteiger partial charge in [-0.05, 0) is 66.3 Å². The number of allylic oxidation sites excluding steroid dienone is 1. The molecule has 1 aliphatic rings. The van der Waals surface area contributed by atoms with Crippen LogP contribution in [0.3, 0.4) is 0 Å². The molecule has 0 radical (unpaired) electrons. The molecule has 37 heavy (non-hydrogen) atoms. The number of rotatable bonds is 7. The van der Waals surface area contributed by atoms with Crippen LogP contribution < -0.4 is 9.47 Å². The molecular formula is C32H31N3O2. The summed E-state index contributed by atoms with van der Waals surface area (Å²) in [5.74, 6) is 1.86. The Balaban J connectivity index is 1.57. The summed E-state index contributed by atoms with van der Waals surface area (Å²) in [5, 5.41) is 15.0. The van der Waals surface area contributed by atoms with Crippen molar-refractivity contribution in [3.8, 4) is 34.5 Å². The second kappa shape index (κ2) is 11.2. The van der Waals surface area contributed by atoms with E-state index in [9.17, 15) is 5.26 Å². The zero-order valence-electron chi connectivity index (χ0n) is 21.4. The lowest BCUT2D eigenvalue weighted by Crippen LogP contribution is -2.04. The third kappa shape index (κ3) is 5.29. The molecule has 0 unspecified atom stereocenters. The normalized spacial score (nSPS) is 14.2. The van der Waals surface area contributed by atoms with Crippen LogP contribution in [-0.4, -0.2) is 24.0 Å². The molecular weight excluding hydrogens is 458 g/mol. The third-order valence-electron chi connectivity index (χ3n) is 7.14. The molecule has 0 amide bonds. The van der Waals surface area contributed by atoms with Crippen molar-refractivity contribution in [1.82, 2.24) is 9.78 Å². The summed E-state index contributed by atoms with van der Waals surface area (Å²) in [6, 6.07) is 26.7. The summed E-state index contributed by atoms with van der Waals surface area (Å²) in [7, 11) is 3.19. The lowest BCUT2D eigenvalue weighted by Gasteiger charge is -2.22. The van der Waals surface area contributed by atoms with Gasteiger partial charge in [0, 0.05) is 17.3 Å². The Morgan fingerprint density at radius 2 is 1.65 bits per heavy atom. The topological polar surface area (TPSA) is 60.1 Å². The lowest BCUT2D eigenvalue weighted by atomic mass is 9.84. The summed E-state index contributed by atoms with van der Waals surface area (Å²) < 4.78 is 12.7. The number of para-hydroxylation sites is 1. The molecule has 0 aliphatic heterocycles. The lowest BCUT2D eigenvalue weighted by molar-refractivity contribution is 0.355. The van der Waals surface area contributed by atoms with Gasteiger partial charge < -0.3 is 9.47 Å². The van der Waals surface area contributed by atoms with Crippen LogP contribution in [0, 0.1) is 11.3 Å². The SMILES string of the molecule is COc1ccc(C(C#N)=Cc2cn(-c3ccccc3)nc2-c2ccc(C3CCCCC3)cc2)cc1OC. The van der Waals surface area contributed by atoms with Crippen LogP contribution in [0.1, 0.15) is 54.7 Å². The largest absolute Gasteiger partial charge is 0.493 e. The molecule has 0 bridgehead atoms. The maximum Gasteiger partial charge on any atom is 0.161 e. The molecule has 186 valence electrons. The second-order valence-corrected chi connectivity index (χ2v) is 9.41. The van der Waals surface area contributed by atoms with Gasteiger partial charge >= 0.3 is 0 Å². The first-order valence-corrected chi connectivity index (χ1v) is 12.8. The Hall–Kier alpha value is -4.30. The van der Waals surface area contributed by atoms with Gasteiger partial charge in [-0.1, -0.05) is 61.7 Å². The summed E-state index contributed by atoms with van der Waals surface area (Å²) in [4.78, 5) is 0. The summed E-state index contributed by atoms with van der Waals surface area (Å²) in [5.41, 5.74) is 6.40. The van der Waals surface area contributed by atoms with Crippen molar-refractivity contribution in [1.29, 1.82) is 5.26 Å². The standard InChI is InChI=1S/C32H31N3O2/c1-36-30-18-17-26(20-31(30)37-2)27(21-33)19-28-22-35(29-11-7-4-8-12-29)34-32(28)25-15-13-24(14-16-25)23-9-5-3-6-10-23/h4,7-8,11-20,22-23H,3,5-6,9-10H2,1-2H3. The third-order valence-corrected chi connectivity index (χ3v) is 7.14. The minimum absolute atomic E-state index is 0.522. The number of methoxy groups -OCH3 is 2. The maximum atomic E-state index is 10.1. The van der Waals surface area contributed by atoms with Crippen LogP contribution in [0.2, 0.25) is 0 Å². The number of hydrogen-bond donors (Lipinski definition) is 0. The van der Waals surface area contributed by atoms with Crippen LogP contribution in [0.5, 0.6) is 11.5 Å². The minimum atomic E-state index is 0.522. The Labute approximate surface area is 218 Å². The average molecular weight is 490 g/mol. The summed E-state index contributed by atoms with van der Waals surface area (Å²) >= 11 is 0. The van der Waals surface area contributed by atoms with E-state index < -0.39 is 0 Å². The van der Waals surface area contributed by atoms with Crippen LogP contribution in [0.25, 0.3) is 28.6 Å². The number of benzene rings is 3. The van der Waals surface area contributed by atoms with E-state index in [-0.39, 0.29) is 0 Å². The van der Waals surface area contributed by atoms with Gasteiger partial charge in [-0.15, -0.1) is 0 Å². The monoisotopic (exact) mass is 489 g/mol. The Morgan fingerprint density at radius 1 is 0.919 bits per heavy atom. The molecule has 0 saturated heterocycles. The van der Waals surface area contributed by atoms with Crippen molar-refractivity contribution >= 4 is 11.6 Å². The number of hydrogen-bond acceptors (Lipinski definition) is 4. The van der Waals surface area contributed by atoms with Gasteiger partial charge in [-0.2, -0.15) is 10.4 Å². The van der Waals surface area contributed by atoms with Gasteiger partial charge in [0.1, 0.15) is 0 Å². The molecule has 5 nitrogen and oxygen atoms in total. The minimum Gasteiger partial charge on any atom is -0.493 e. The first-order chi connectivity index (χ1) is 18.2. The van der Waals surface area contributed by atoms with E-state index in [1.165, 1.54) is 37.7 Å². The molecule has 5 heteroatoms. The summed E-state index contributed by atoms with van der Waals surface area (Å²) in [6.45, 7) is 0. The smallest absolute Gasteiger partial charge is 0.161 e. The quantitative estimate of drug-likeness (QED) is 0.250. The molecule has 0 atom stereocenters. The fraction of sp³-hybridized carbons (Fsp3) is 0.250. The van der Waals surface area contributed by atoms with Gasteiger partial charge in [0.2, 0.25) is 0 Å². The highest BCUT2D eigenvalue weighted by atomic mass is 16.5. The number of aromatic nitrogens is 2. The van der Waals surface area contributed by atoms with Gasteiger partial charge in [-0.3, -0.25) is 0 Å². The van der Waals surface area contributed by atoms with Gasteiger partial charge in [0.25, 0.3) is 0 Å². The molecule has 1 aromatic heterocycles. The first-order valence-electron chi connectivity index (χ1n) is 12.8. The molecule has 0 N–H and O–H groups in total. The second-order valence-electron chi connectivity index (χ2n) is 9.41. The fourth-order valence-corrected chi connectivity index (χ4v) is 5.12. The Kier molecular flexibility index (Phi) is 7.37. The Morgan fingerprint density at radius 3 is 2.32 bits per heavy atom. The van der Waals surface area contributed by atoms with E-state index in [2.05, 4.69) is 30.3 Å². The molecule has 3 aromatic carbocycles. The van der Waals surface area contributed by atoms with Crippen LogP contribution >= 0.6 is 0 Å². The first kappa shape index (κ1) is 24.4. The number of nitrogens with zero attached hydrogens (tertiary/aromatic N) is 3. The molecule has 1 aliphatic carbocycles. The van der Waals surface area contributed by atoms with Gasteiger partial charge in [0.15, 0.2) is 11.5 Å². The van der Waals surface area contributed by atoms with Gasteiger partial charge in [0.05, 0.1) is 37.2 Å². The predicted octanol–water partition coefficient (Wildman–Crippen LogP) is 7.67. The molecule has 0 spiro atoms. The fourth-order valence-electron chi connectivity index (χ4n) is 5.12. The van der Waals surface area contributed by atoms with Crippen molar-refractivity contribution < 1.29 is 9.47 Å². The van der Waals surface area contributed by atoms with E-state index in [1.807, 2.05) is 65.5 Å². The van der Waals surface area contributed by atoms with Crippen LogP contribution in [0.15, 0.2) is 79.0 Å². The Bertz CT molecular complexity index is 1420. The highest BCUT2D eigenvalue weighted by Crippen LogP contribution is 2.35. The number of nitriles is 1. The highest BCUT2D eigenvalue weighted by Gasteiger charge is 2.17. The van der Waals surface area contributed by atoms with Crippen molar-refractivity contribution in [2.24, 2.45) is 0 Å². The summed E-state index contributed by atoms with van der Waals surface area (Å²) in [6.07, 6.45) is 10.4. The zero-order chi connectivity index (χ0) is 25.6. The highest BCUT2D eigenvalue weighted by molar-refractivity contribution is 5.92. The molecule has 4 aromatic rings. The van der Waals surface area contributed by atoms with E-state index in [0.29, 0.717) is 23.0 Å². The predicted molar refractivity (Wildman–Crippen MR) is 148 cm³/mol. The molecule has 1 heterocycles. The zero-order valence-corrected chi connectivity index (χ0v) is 21.4. The molecule has 1 saturated carbocycles. The van der Waals surface area contributed by atoms with Crippen molar-refractivity contribution in [3.63, 3.8) is 0 Å².